The molecule has 2 N–H and O–H groups in total. The molecule has 3 aromatic rings. The average Bonchev–Trinajstić information content (AvgIpc) is 3.37. The Morgan fingerprint density at radius 3 is 2.43 bits per heavy atom. The predicted octanol–water partition coefficient (Wildman–Crippen LogP) is 2.67. The lowest BCUT2D eigenvalue weighted by atomic mass is 9.88. The molecule has 2 aromatic carbocycles. The first-order valence-electron chi connectivity index (χ1n) is 17.1. The lowest BCUT2D eigenvalue weighted by molar-refractivity contribution is -0.136. The van der Waals surface area contributed by atoms with Gasteiger partial charge in [-0.05, 0) is 71.6 Å². The molecule has 3 atom stereocenters. The number of hydrogen-bond acceptors (Lipinski definition) is 11. The summed E-state index contributed by atoms with van der Waals surface area (Å²) in [6.07, 6.45) is 3.40. The smallest absolute Gasteiger partial charge is 0.338 e. The Kier molecular flexibility index (Phi) is 9.50. The number of likely N-dealkylation sites (tertiary alicyclic amines) is 1. The molecule has 4 aliphatic rings. The van der Waals surface area contributed by atoms with Crippen LogP contribution >= 0.6 is 15.9 Å². The fraction of sp³-hybridized carbons (Fsp3) is 0.417. The highest BCUT2D eigenvalue weighted by atomic mass is 79.9. The first-order chi connectivity index (χ1) is 24.5. The number of aromatic nitrogens is 2. The number of imide groups is 2. The Morgan fingerprint density at radius 1 is 0.961 bits per heavy atom. The van der Waals surface area contributed by atoms with Crippen LogP contribution in [-0.2, 0) is 21.4 Å². The second kappa shape index (κ2) is 14.0. The number of esters is 1. The number of piperidine rings is 3. The topological polar surface area (TPSA) is 163 Å². The van der Waals surface area contributed by atoms with E-state index in [1.165, 1.54) is 4.68 Å². The molecule has 266 valence electrons. The third-order valence-corrected chi connectivity index (χ3v) is 11.0. The molecule has 4 aliphatic heterocycles. The third-order valence-electron chi connectivity index (χ3n) is 10.2. The van der Waals surface area contributed by atoms with Gasteiger partial charge in [0, 0.05) is 58.5 Å². The Morgan fingerprint density at radius 2 is 1.71 bits per heavy atom. The molecule has 5 heterocycles. The van der Waals surface area contributed by atoms with E-state index in [1.54, 1.807) is 43.6 Å². The van der Waals surface area contributed by atoms with Gasteiger partial charge >= 0.3 is 5.97 Å². The van der Waals surface area contributed by atoms with Crippen molar-refractivity contribution in [1.29, 1.82) is 0 Å². The summed E-state index contributed by atoms with van der Waals surface area (Å²) in [5, 5.41) is 9.83. The Labute approximate surface area is 302 Å². The minimum atomic E-state index is -1.03. The second-order valence-corrected chi connectivity index (χ2v) is 14.4. The largest absolute Gasteiger partial charge is 0.459 e. The number of rotatable bonds is 7. The number of hydrogen-bond donors (Lipinski definition) is 2. The number of amides is 4. The van der Waals surface area contributed by atoms with Gasteiger partial charge in [0.15, 0.2) is 0 Å². The van der Waals surface area contributed by atoms with E-state index in [9.17, 15) is 28.8 Å². The van der Waals surface area contributed by atoms with Gasteiger partial charge in [-0.1, -0.05) is 18.2 Å². The average molecular weight is 761 g/mol. The molecule has 0 spiro atoms. The molecule has 0 radical (unpaired) electrons. The predicted molar refractivity (Wildman–Crippen MR) is 190 cm³/mol. The van der Waals surface area contributed by atoms with Crippen molar-refractivity contribution in [1.82, 2.24) is 24.9 Å². The van der Waals surface area contributed by atoms with Gasteiger partial charge < -0.3 is 19.9 Å². The zero-order valence-electron chi connectivity index (χ0n) is 28.3. The summed E-state index contributed by atoms with van der Waals surface area (Å²) in [5.41, 5.74) is 3.12. The molecule has 15 heteroatoms. The van der Waals surface area contributed by atoms with Crippen molar-refractivity contribution in [3.05, 3.63) is 85.7 Å². The lowest BCUT2D eigenvalue weighted by Gasteiger charge is -2.37. The number of halogens is 1. The minimum absolute atomic E-state index is 0.0557. The number of benzene rings is 2. The van der Waals surface area contributed by atoms with E-state index in [0.717, 1.165) is 30.0 Å². The first kappa shape index (κ1) is 34.6. The van der Waals surface area contributed by atoms with E-state index in [2.05, 4.69) is 43.6 Å². The van der Waals surface area contributed by atoms with Crippen LogP contribution < -0.4 is 21.1 Å². The van der Waals surface area contributed by atoms with E-state index >= 15 is 0 Å². The number of nitrogens with one attached hydrogen (secondary N) is 2. The van der Waals surface area contributed by atoms with E-state index < -0.39 is 35.6 Å². The van der Waals surface area contributed by atoms with Crippen molar-refractivity contribution in [2.75, 3.05) is 43.4 Å². The van der Waals surface area contributed by atoms with Gasteiger partial charge in [0.05, 0.1) is 34.3 Å². The molecule has 0 bridgehead atoms. The number of anilines is 2. The van der Waals surface area contributed by atoms with Gasteiger partial charge in [0.1, 0.15) is 16.6 Å². The highest BCUT2D eigenvalue weighted by Crippen LogP contribution is 2.36. The number of carbonyl (C=O) groups is 5. The second-order valence-electron chi connectivity index (χ2n) is 13.7. The van der Waals surface area contributed by atoms with E-state index in [0.29, 0.717) is 47.3 Å². The molecule has 3 saturated heterocycles. The van der Waals surface area contributed by atoms with Gasteiger partial charge in [0.25, 0.3) is 17.4 Å². The standard InChI is InChI=1S/C36H38BrN7O7/c1-41-18-22(16-23(19-41)39-26-17-38-42(2)35(49)31(26)37)20-6-8-21(9-7-20)36(50)51-24-12-14-43(15-13-24)27-5-3-4-25-30(27)34(48)44(33(25)47)28-10-11-29(45)40-32(28)46/h3-9,17,22-24,28,39H,10-16,18-19H2,1-2H3,(H,40,45,46)/t22-,23+,28?/m1/s1. The van der Waals surface area contributed by atoms with E-state index in [4.69, 9.17) is 4.74 Å². The van der Waals surface area contributed by atoms with Crippen LogP contribution in [0.5, 0.6) is 0 Å². The number of carbonyl (C=O) groups excluding carboxylic acids is 5. The van der Waals surface area contributed by atoms with Crippen molar-refractivity contribution >= 4 is 56.9 Å². The molecule has 7 rings (SSSR count). The molecule has 3 fully saturated rings. The highest BCUT2D eigenvalue weighted by Gasteiger charge is 2.46. The molecule has 0 aliphatic carbocycles. The minimum Gasteiger partial charge on any atom is -0.459 e. The maximum absolute atomic E-state index is 13.6. The summed E-state index contributed by atoms with van der Waals surface area (Å²) in [4.78, 5) is 81.7. The van der Waals surface area contributed by atoms with Gasteiger partial charge in [-0.3, -0.25) is 34.2 Å². The van der Waals surface area contributed by atoms with Gasteiger partial charge in [0.2, 0.25) is 11.8 Å². The molecule has 1 unspecified atom stereocenters. The SMILES string of the molecule is CN1C[C@@H](Nc2cnn(C)c(=O)c2Br)C[C@@H](c2ccc(C(=O)OC3CCN(c4cccc5c4C(=O)N(C4CCC(=O)NC4=O)C5=O)CC3)cc2)C1. The summed E-state index contributed by atoms with van der Waals surface area (Å²) in [7, 11) is 3.67. The van der Waals surface area contributed by atoms with Crippen LogP contribution in [-0.4, -0.2) is 101 Å². The molecule has 14 nitrogen and oxygen atoms in total. The highest BCUT2D eigenvalue weighted by molar-refractivity contribution is 9.10. The maximum Gasteiger partial charge on any atom is 0.338 e. The van der Waals surface area contributed by atoms with Gasteiger partial charge in [-0.15, -0.1) is 0 Å². The van der Waals surface area contributed by atoms with Gasteiger partial charge in [-0.2, -0.15) is 5.10 Å². The number of nitrogens with zero attached hydrogens (tertiary/aromatic N) is 5. The van der Waals surface area contributed by atoms with Crippen LogP contribution in [0.1, 0.15) is 74.7 Å². The molecular formula is C36H38BrN7O7. The van der Waals surface area contributed by atoms with Crippen molar-refractivity contribution in [3.8, 4) is 0 Å². The van der Waals surface area contributed by atoms with Crippen LogP contribution in [0.4, 0.5) is 11.4 Å². The molecule has 51 heavy (non-hydrogen) atoms. The number of likely N-dealkylation sites (N-methyl/N-ethyl adjacent to an activating group) is 1. The number of ether oxygens (including phenoxy) is 1. The summed E-state index contributed by atoms with van der Waals surface area (Å²) >= 11 is 3.40. The fourth-order valence-corrected chi connectivity index (χ4v) is 8.06. The summed E-state index contributed by atoms with van der Waals surface area (Å²) < 4.78 is 7.63. The summed E-state index contributed by atoms with van der Waals surface area (Å²) in [5.74, 6) is -2.34. The number of fused-ring (bicyclic) bond motifs is 1. The number of aryl methyl sites for hydroxylation is 1. The van der Waals surface area contributed by atoms with Crippen LogP contribution in [0.3, 0.4) is 0 Å². The quantitative estimate of drug-likeness (QED) is 0.269. The molecule has 1 aromatic heterocycles. The Balaban J connectivity index is 0.950. The molecule has 0 saturated carbocycles. The maximum atomic E-state index is 13.6. The molecule has 4 amide bonds. The van der Waals surface area contributed by atoms with Crippen molar-refractivity contribution in [3.63, 3.8) is 0 Å². The Hall–Kier alpha value is -4.89. The first-order valence-corrected chi connectivity index (χ1v) is 17.8. The van der Waals surface area contributed by atoms with Crippen LogP contribution in [0, 0.1) is 0 Å². The normalized spacial score (nSPS) is 22.9. The fourth-order valence-electron chi connectivity index (χ4n) is 7.58. The van der Waals surface area contributed by atoms with Crippen LogP contribution in [0.2, 0.25) is 0 Å². The van der Waals surface area contributed by atoms with E-state index in [-0.39, 0.29) is 47.6 Å². The molecular weight excluding hydrogens is 722 g/mol. The third kappa shape index (κ3) is 6.79. The van der Waals surface area contributed by atoms with Crippen LogP contribution in [0.15, 0.2) is 57.9 Å². The van der Waals surface area contributed by atoms with Crippen molar-refractivity contribution in [2.45, 2.75) is 56.2 Å². The van der Waals surface area contributed by atoms with Crippen molar-refractivity contribution < 1.29 is 28.7 Å². The summed E-state index contributed by atoms with van der Waals surface area (Å²) in [6, 6.07) is 11.7. The zero-order valence-corrected chi connectivity index (χ0v) is 29.8. The van der Waals surface area contributed by atoms with Gasteiger partial charge in [-0.25, -0.2) is 9.48 Å². The lowest BCUT2D eigenvalue weighted by Crippen LogP contribution is -2.54. The monoisotopic (exact) mass is 759 g/mol. The van der Waals surface area contributed by atoms with E-state index in [1.807, 2.05) is 17.0 Å². The zero-order chi connectivity index (χ0) is 36.0. The Bertz CT molecular complexity index is 1970. The van der Waals surface area contributed by atoms with Crippen LogP contribution in [0.25, 0.3) is 0 Å². The van der Waals surface area contributed by atoms with Crippen molar-refractivity contribution in [2.24, 2.45) is 7.05 Å². The summed E-state index contributed by atoms with van der Waals surface area (Å²) in [6.45, 7) is 2.67.